The van der Waals surface area contributed by atoms with E-state index in [1.54, 1.807) is 19.3 Å². The number of hydrogen-bond donors (Lipinski definition) is 3. The molecule has 1 atom stereocenters. The van der Waals surface area contributed by atoms with E-state index in [0.717, 1.165) is 18.4 Å². The van der Waals surface area contributed by atoms with Crippen molar-refractivity contribution in [3.8, 4) is 0 Å². The molecule has 1 aromatic heterocycles. The van der Waals surface area contributed by atoms with Crippen LogP contribution in [0.4, 0.5) is 4.79 Å². The van der Waals surface area contributed by atoms with Crippen LogP contribution >= 0.6 is 0 Å². The summed E-state index contributed by atoms with van der Waals surface area (Å²) in [5.74, 6) is 0.546. The Morgan fingerprint density at radius 1 is 1.43 bits per heavy atom. The third kappa shape index (κ3) is 8.30. The fourth-order valence-electron chi connectivity index (χ4n) is 1.89. The van der Waals surface area contributed by atoms with Gasteiger partial charge in [-0.25, -0.2) is 4.79 Å². The molecular weight excluding hydrogens is 266 g/mol. The number of pyridine rings is 1. The predicted molar refractivity (Wildman–Crippen MR) is 84.0 cm³/mol. The Bertz CT molecular complexity index is 419. The van der Waals surface area contributed by atoms with E-state index in [0.29, 0.717) is 18.9 Å². The highest BCUT2D eigenvalue weighted by Crippen LogP contribution is 2.15. The summed E-state index contributed by atoms with van der Waals surface area (Å²) in [5.41, 5.74) is 0.229. The Kier molecular flexibility index (Phi) is 7.15. The molecule has 3 N–H and O–H groups in total. The molecule has 0 saturated carbocycles. The first-order chi connectivity index (χ1) is 9.89. The number of aliphatic hydroxyl groups is 1. The fraction of sp³-hybridized carbons (Fsp3) is 0.625. The van der Waals surface area contributed by atoms with Crippen LogP contribution in [0.15, 0.2) is 24.5 Å². The number of rotatable bonds is 8. The van der Waals surface area contributed by atoms with Crippen molar-refractivity contribution in [2.75, 3.05) is 13.1 Å². The van der Waals surface area contributed by atoms with Gasteiger partial charge in [0, 0.05) is 25.5 Å². The van der Waals surface area contributed by atoms with Crippen LogP contribution in [-0.4, -0.2) is 34.8 Å². The summed E-state index contributed by atoms with van der Waals surface area (Å²) in [7, 11) is 0. The maximum atomic E-state index is 11.7. The topological polar surface area (TPSA) is 74.2 Å². The van der Waals surface area contributed by atoms with Crippen LogP contribution in [0.1, 0.15) is 39.2 Å². The maximum absolute atomic E-state index is 11.7. The van der Waals surface area contributed by atoms with Crippen molar-refractivity contribution >= 4 is 6.03 Å². The summed E-state index contributed by atoms with van der Waals surface area (Å²) in [6.07, 6.45) is 5.88. The van der Waals surface area contributed by atoms with Gasteiger partial charge >= 0.3 is 6.03 Å². The average Bonchev–Trinajstić information content (AvgIpc) is 2.44. The standard InChI is InChI=1S/C16H27N3O2/c1-13(2)6-8-16(3,21)12-19-15(20)18-10-7-14-5-4-9-17-11-14/h4-5,9,11,13,21H,6-8,10,12H2,1-3H3,(H2,18,19,20). The van der Waals surface area contributed by atoms with Crippen molar-refractivity contribution in [2.24, 2.45) is 5.92 Å². The lowest BCUT2D eigenvalue weighted by Gasteiger charge is -2.24. The molecular formula is C16H27N3O2. The fourth-order valence-corrected chi connectivity index (χ4v) is 1.89. The lowest BCUT2D eigenvalue weighted by molar-refractivity contribution is 0.0477. The molecule has 0 aliphatic carbocycles. The second kappa shape index (κ2) is 8.62. The molecule has 1 heterocycles. The third-order valence-electron chi connectivity index (χ3n) is 3.31. The number of carbonyl (C=O) groups excluding carboxylic acids is 1. The summed E-state index contributed by atoms with van der Waals surface area (Å²) in [6, 6.07) is 3.61. The van der Waals surface area contributed by atoms with Crippen molar-refractivity contribution in [1.29, 1.82) is 0 Å². The van der Waals surface area contributed by atoms with Gasteiger partial charge in [-0.05, 0) is 43.7 Å². The number of nitrogens with one attached hydrogen (secondary N) is 2. The molecule has 2 amide bonds. The smallest absolute Gasteiger partial charge is 0.314 e. The molecule has 118 valence electrons. The van der Waals surface area contributed by atoms with E-state index in [1.807, 2.05) is 12.1 Å². The summed E-state index contributed by atoms with van der Waals surface area (Å²) < 4.78 is 0. The van der Waals surface area contributed by atoms with Gasteiger partial charge in [0.05, 0.1) is 5.60 Å². The van der Waals surface area contributed by atoms with Gasteiger partial charge in [-0.3, -0.25) is 4.98 Å². The van der Waals surface area contributed by atoms with Crippen LogP contribution in [0, 0.1) is 5.92 Å². The lowest BCUT2D eigenvalue weighted by atomic mass is 9.95. The Morgan fingerprint density at radius 3 is 2.81 bits per heavy atom. The van der Waals surface area contributed by atoms with Gasteiger partial charge in [-0.2, -0.15) is 0 Å². The van der Waals surface area contributed by atoms with E-state index >= 15 is 0 Å². The molecule has 21 heavy (non-hydrogen) atoms. The first-order valence-electron chi connectivity index (χ1n) is 7.52. The number of hydrogen-bond acceptors (Lipinski definition) is 3. The van der Waals surface area contributed by atoms with Crippen LogP contribution in [0.5, 0.6) is 0 Å². The maximum Gasteiger partial charge on any atom is 0.314 e. The zero-order valence-corrected chi connectivity index (χ0v) is 13.2. The highest BCUT2D eigenvalue weighted by molar-refractivity contribution is 5.73. The van der Waals surface area contributed by atoms with E-state index in [1.165, 1.54) is 0 Å². The molecule has 1 aromatic rings. The first-order valence-corrected chi connectivity index (χ1v) is 7.52. The number of amides is 2. The van der Waals surface area contributed by atoms with Crippen molar-refractivity contribution in [1.82, 2.24) is 15.6 Å². The van der Waals surface area contributed by atoms with Crippen molar-refractivity contribution in [3.05, 3.63) is 30.1 Å². The largest absolute Gasteiger partial charge is 0.388 e. The van der Waals surface area contributed by atoms with Crippen molar-refractivity contribution in [3.63, 3.8) is 0 Å². The highest BCUT2D eigenvalue weighted by atomic mass is 16.3. The average molecular weight is 293 g/mol. The molecule has 0 aliphatic rings. The third-order valence-corrected chi connectivity index (χ3v) is 3.31. The molecule has 0 aliphatic heterocycles. The minimum atomic E-state index is -0.856. The molecule has 0 bridgehead atoms. The zero-order chi connectivity index (χ0) is 15.7. The predicted octanol–water partition coefficient (Wildman–Crippen LogP) is 2.11. The van der Waals surface area contributed by atoms with Gasteiger partial charge < -0.3 is 15.7 Å². The van der Waals surface area contributed by atoms with Crippen LogP contribution in [0.3, 0.4) is 0 Å². The quantitative estimate of drug-likeness (QED) is 0.687. The summed E-state index contributed by atoms with van der Waals surface area (Å²) in [6.45, 7) is 6.80. The van der Waals surface area contributed by atoms with Crippen LogP contribution in [0.25, 0.3) is 0 Å². The Balaban J connectivity index is 2.18. The Morgan fingerprint density at radius 2 is 2.19 bits per heavy atom. The van der Waals surface area contributed by atoms with Crippen molar-refractivity contribution in [2.45, 2.75) is 45.6 Å². The van der Waals surface area contributed by atoms with Gasteiger partial charge in [0.25, 0.3) is 0 Å². The molecule has 0 aromatic carbocycles. The van der Waals surface area contributed by atoms with Gasteiger partial charge in [-0.1, -0.05) is 19.9 Å². The number of aromatic nitrogens is 1. The van der Waals surface area contributed by atoms with Crippen molar-refractivity contribution < 1.29 is 9.90 Å². The van der Waals surface area contributed by atoms with E-state index < -0.39 is 5.60 Å². The summed E-state index contributed by atoms with van der Waals surface area (Å²) in [4.78, 5) is 15.7. The van der Waals surface area contributed by atoms with E-state index in [4.69, 9.17) is 0 Å². The SMILES string of the molecule is CC(C)CCC(C)(O)CNC(=O)NCCc1cccnc1. The summed E-state index contributed by atoms with van der Waals surface area (Å²) in [5, 5.41) is 15.7. The Labute approximate surface area is 127 Å². The Hall–Kier alpha value is -1.62. The van der Waals surface area contributed by atoms with E-state index in [2.05, 4.69) is 29.5 Å². The molecule has 0 radical (unpaired) electrons. The van der Waals surface area contributed by atoms with E-state index in [9.17, 15) is 9.90 Å². The minimum Gasteiger partial charge on any atom is -0.388 e. The molecule has 1 unspecified atom stereocenters. The van der Waals surface area contributed by atoms with Gasteiger partial charge in [-0.15, -0.1) is 0 Å². The minimum absolute atomic E-state index is 0.247. The molecule has 1 rings (SSSR count). The van der Waals surface area contributed by atoms with Crippen LogP contribution < -0.4 is 10.6 Å². The van der Waals surface area contributed by atoms with Crippen LogP contribution in [-0.2, 0) is 6.42 Å². The normalized spacial score (nSPS) is 13.8. The lowest BCUT2D eigenvalue weighted by Crippen LogP contribution is -2.45. The second-order valence-corrected chi connectivity index (χ2v) is 6.15. The van der Waals surface area contributed by atoms with Gasteiger partial charge in [0.2, 0.25) is 0 Å². The second-order valence-electron chi connectivity index (χ2n) is 6.15. The monoisotopic (exact) mass is 293 g/mol. The van der Waals surface area contributed by atoms with Gasteiger partial charge in [0.1, 0.15) is 0 Å². The number of carbonyl (C=O) groups is 1. The number of urea groups is 1. The first kappa shape index (κ1) is 17.4. The number of nitrogens with zero attached hydrogens (tertiary/aromatic N) is 1. The zero-order valence-electron chi connectivity index (χ0n) is 13.2. The van der Waals surface area contributed by atoms with Gasteiger partial charge in [0.15, 0.2) is 0 Å². The van der Waals surface area contributed by atoms with Crippen LogP contribution in [0.2, 0.25) is 0 Å². The molecule has 0 fully saturated rings. The highest BCUT2D eigenvalue weighted by Gasteiger charge is 2.21. The molecule has 5 heteroatoms. The molecule has 0 spiro atoms. The van der Waals surface area contributed by atoms with E-state index in [-0.39, 0.29) is 12.6 Å². The summed E-state index contributed by atoms with van der Waals surface area (Å²) >= 11 is 0. The molecule has 5 nitrogen and oxygen atoms in total. The molecule has 0 saturated heterocycles.